The number of hydrogen-bond donors (Lipinski definition) is 1. The van der Waals surface area contributed by atoms with Gasteiger partial charge in [-0.05, 0) is 6.08 Å². The van der Waals surface area contributed by atoms with Crippen molar-refractivity contribution < 1.29 is 0 Å². The Morgan fingerprint density at radius 3 is 3.27 bits per heavy atom. The van der Waals surface area contributed by atoms with Crippen LogP contribution in [0.4, 0.5) is 0 Å². The van der Waals surface area contributed by atoms with Gasteiger partial charge in [0.2, 0.25) is 5.96 Å². The predicted molar refractivity (Wildman–Crippen MR) is 43.4 cm³/mol. The SMILES string of the molecule is NC1=CCN2N=CC=NC2=N1. The third kappa shape index (κ3) is 1.000. The number of fused-ring (bicyclic) bond motifs is 1. The van der Waals surface area contributed by atoms with Gasteiger partial charge < -0.3 is 5.73 Å². The van der Waals surface area contributed by atoms with Crippen molar-refractivity contribution in [3.05, 3.63) is 11.9 Å². The van der Waals surface area contributed by atoms with Crippen molar-refractivity contribution in [2.75, 3.05) is 6.54 Å². The fraction of sp³-hybridized carbons (Fsp3) is 0.167. The van der Waals surface area contributed by atoms with Gasteiger partial charge in [-0.25, -0.2) is 10.0 Å². The molecule has 0 amide bonds. The van der Waals surface area contributed by atoms with E-state index in [2.05, 4.69) is 15.1 Å². The molecule has 0 atom stereocenters. The van der Waals surface area contributed by atoms with Crippen molar-refractivity contribution in [1.82, 2.24) is 5.01 Å². The molecule has 0 fully saturated rings. The molecule has 0 bridgehead atoms. The molecule has 0 unspecified atom stereocenters. The molecule has 56 valence electrons. The van der Waals surface area contributed by atoms with Crippen molar-refractivity contribution in [1.29, 1.82) is 0 Å². The van der Waals surface area contributed by atoms with Crippen LogP contribution in [-0.4, -0.2) is 29.9 Å². The Kier molecular flexibility index (Phi) is 1.21. The summed E-state index contributed by atoms with van der Waals surface area (Å²) < 4.78 is 0. The zero-order chi connectivity index (χ0) is 7.68. The van der Waals surface area contributed by atoms with Crippen LogP contribution < -0.4 is 5.73 Å². The van der Waals surface area contributed by atoms with Crippen LogP contribution in [0.2, 0.25) is 0 Å². The number of guanidine groups is 1. The van der Waals surface area contributed by atoms with E-state index in [-0.39, 0.29) is 0 Å². The molecule has 2 aliphatic heterocycles. The third-order valence-electron chi connectivity index (χ3n) is 1.40. The summed E-state index contributed by atoms with van der Waals surface area (Å²) in [6.07, 6.45) is 5.00. The Hall–Kier alpha value is -1.65. The van der Waals surface area contributed by atoms with E-state index in [0.29, 0.717) is 18.3 Å². The molecule has 0 spiro atoms. The summed E-state index contributed by atoms with van der Waals surface area (Å²) in [7, 11) is 0. The lowest BCUT2D eigenvalue weighted by atomic mass is 10.5. The maximum Gasteiger partial charge on any atom is 0.248 e. The Morgan fingerprint density at radius 1 is 1.45 bits per heavy atom. The average molecular weight is 149 g/mol. The molecule has 5 heteroatoms. The molecule has 0 aliphatic carbocycles. The van der Waals surface area contributed by atoms with Crippen LogP contribution in [0.3, 0.4) is 0 Å². The third-order valence-corrected chi connectivity index (χ3v) is 1.40. The molecule has 2 aliphatic rings. The molecule has 0 radical (unpaired) electrons. The van der Waals surface area contributed by atoms with Crippen molar-refractivity contribution in [3.8, 4) is 0 Å². The van der Waals surface area contributed by atoms with Crippen LogP contribution >= 0.6 is 0 Å². The van der Waals surface area contributed by atoms with Gasteiger partial charge >= 0.3 is 0 Å². The minimum Gasteiger partial charge on any atom is -0.384 e. The van der Waals surface area contributed by atoms with E-state index in [4.69, 9.17) is 5.73 Å². The largest absolute Gasteiger partial charge is 0.384 e. The summed E-state index contributed by atoms with van der Waals surface area (Å²) in [5.74, 6) is 1.07. The van der Waals surface area contributed by atoms with Gasteiger partial charge in [-0.2, -0.15) is 10.1 Å². The fourth-order valence-corrected chi connectivity index (χ4v) is 0.885. The molecule has 0 aromatic carbocycles. The van der Waals surface area contributed by atoms with E-state index < -0.39 is 0 Å². The van der Waals surface area contributed by atoms with Gasteiger partial charge in [0.1, 0.15) is 5.82 Å². The maximum absolute atomic E-state index is 5.46. The molecule has 11 heavy (non-hydrogen) atoms. The highest BCUT2D eigenvalue weighted by atomic mass is 15.5. The molecular weight excluding hydrogens is 142 g/mol. The minimum absolute atomic E-state index is 0.505. The van der Waals surface area contributed by atoms with Crippen LogP contribution in [0.25, 0.3) is 0 Å². The Balaban J connectivity index is 2.33. The van der Waals surface area contributed by atoms with Crippen LogP contribution in [0.1, 0.15) is 0 Å². The molecule has 2 rings (SSSR count). The van der Waals surface area contributed by atoms with Gasteiger partial charge in [-0.1, -0.05) is 0 Å². The molecule has 0 aromatic heterocycles. The zero-order valence-corrected chi connectivity index (χ0v) is 5.81. The smallest absolute Gasteiger partial charge is 0.248 e. The van der Waals surface area contributed by atoms with Gasteiger partial charge in [0, 0.05) is 0 Å². The van der Waals surface area contributed by atoms with E-state index >= 15 is 0 Å². The first-order valence-electron chi connectivity index (χ1n) is 3.25. The highest BCUT2D eigenvalue weighted by molar-refractivity contribution is 6.20. The second kappa shape index (κ2) is 2.19. The van der Waals surface area contributed by atoms with E-state index in [1.54, 1.807) is 23.5 Å². The summed E-state index contributed by atoms with van der Waals surface area (Å²) in [6.45, 7) is 0.651. The summed E-state index contributed by atoms with van der Waals surface area (Å²) in [4.78, 5) is 7.96. The molecule has 0 saturated carbocycles. The lowest BCUT2D eigenvalue weighted by Gasteiger charge is -2.20. The molecule has 5 nitrogen and oxygen atoms in total. The second-order valence-corrected chi connectivity index (χ2v) is 2.17. The van der Waals surface area contributed by atoms with E-state index in [1.165, 1.54) is 0 Å². The number of hydrogen-bond acceptors (Lipinski definition) is 5. The van der Waals surface area contributed by atoms with Gasteiger partial charge in [0.25, 0.3) is 0 Å². The minimum atomic E-state index is 0.505. The fourth-order valence-electron chi connectivity index (χ4n) is 0.885. The summed E-state index contributed by atoms with van der Waals surface area (Å²) in [6, 6.07) is 0. The average Bonchev–Trinajstić information content (AvgIpc) is 2.04. The number of rotatable bonds is 0. The number of nitrogens with two attached hydrogens (primary N) is 1. The standard InChI is InChI=1S/C6H7N5/c7-5-1-4-11-6(10-5)8-2-3-9-11/h1-3H,4,7H2. The van der Waals surface area contributed by atoms with Crippen LogP contribution in [-0.2, 0) is 0 Å². The lowest BCUT2D eigenvalue weighted by molar-refractivity contribution is 0.480. The highest BCUT2D eigenvalue weighted by Gasteiger charge is 2.13. The van der Waals surface area contributed by atoms with Crippen LogP contribution in [0.15, 0.2) is 27.0 Å². The van der Waals surface area contributed by atoms with Gasteiger partial charge in [0.05, 0.1) is 19.0 Å². The Labute approximate surface area is 63.6 Å². The van der Waals surface area contributed by atoms with E-state index in [0.717, 1.165) is 0 Å². The Bertz CT molecular complexity index is 285. The van der Waals surface area contributed by atoms with Crippen molar-refractivity contribution in [2.45, 2.75) is 0 Å². The maximum atomic E-state index is 5.46. The summed E-state index contributed by atoms with van der Waals surface area (Å²) in [5, 5.41) is 5.69. The topological polar surface area (TPSA) is 66.3 Å². The van der Waals surface area contributed by atoms with Crippen LogP contribution in [0, 0.1) is 0 Å². The van der Waals surface area contributed by atoms with E-state index in [1.807, 2.05) is 0 Å². The van der Waals surface area contributed by atoms with Gasteiger partial charge in [-0.15, -0.1) is 0 Å². The van der Waals surface area contributed by atoms with E-state index in [9.17, 15) is 0 Å². The highest BCUT2D eigenvalue weighted by Crippen LogP contribution is 2.06. The van der Waals surface area contributed by atoms with Gasteiger partial charge in [0.15, 0.2) is 0 Å². The quantitative estimate of drug-likeness (QED) is 0.506. The molecule has 2 N–H and O–H groups in total. The zero-order valence-electron chi connectivity index (χ0n) is 5.81. The van der Waals surface area contributed by atoms with Crippen molar-refractivity contribution in [3.63, 3.8) is 0 Å². The number of aliphatic imine (C=N–C) groups is 2. The van der Waals surface area contributed by atoms with Crippen molar-refractivity contribution >= 4 is 18.4 Å². The molecule has 2 heterocycles. The molecule has 0 aromatic rings. The predicted octanol–water partition coefficient (Wildman–Crippen LogP) is -0.472. The van der Waals surface area contributed by atoms with Crippen LogP contribution in [0.5, 0.6) is 0 Å². The normalized spacial score (nSPS) is 20.9. The monoisotopic (exact) mass is 149 g/mol. The summed E-state index contributed by atoms with van der Waals surface area (Å²) in [5.41, 5.74) is 5.46. The number of hydrazone groups is 1. The van der Waals surface area contributed by atoms with Crippen molar-refractivity contribution in [2.24, 2.45) is 20.8 Å². The molecule has 0 saturated heterocycles. The lowest BCUT2D eigenvalue weighted by Crippen LogP contribution is -2.31. The Morgan fingerprint density at radius 2 is 2.36 bits per heavy atom. The first-order valence-corrected chi connectivity index (χ1v) is 3.25. The first-order chi connectivity index (χ1) is 5.36. The molecular formula is C6H7N5. The second-order valence-electron chi connectivity index (χ2n) is 2.17. The number of nitrogens with zero attached hydrogens (tertiary/aromatic N) is 4. The summed E-state index contributed by atoms with van der Waals surface area (Å²) >= 11 is 0. The van der Waals surface area contributed by atoms with Gasteiger partial charge in [-0.3, -0.25) is 0 Å². The first kappa shape index (κ1) is 6.09.